The highest BCUT2D eigenvalue weighted by Crippen LogP contribution is 2.43. The molecule has 2 amide bonds. The fourth-order valence-electron chi connectivity index (χ4n) is 1.85. The van der Waals surface area contributed by atoms with Crippen LogP contribution in [0.25, 0.3) is 0 Å². The summed E-state index contributed by atoms with van der Waals surface area (Å²) in [5.41, 5.74) is 0. The number of rotatable bonds is 3. The van der Waals surface area contributed by atoms with E-state index in [4.69, 9.17) is 0 Å². The van der Waals surface area contributed by atoms with Crippen LogP contribution >= 0.6 is 11.8 Å². The minimum atomic E-state index is -3.72. The monoisotopic (exact) mass is 289 g/mol. The van der Waals surface area contributed by atoms with E-state index < -0.39 is 20.1 Å². The molecule has 1 atom stereocenters. The van der Waals surface area contributed by atoms with Crippen molar-refractivity contribution in [2.24, 2.45) is 5.10 Å². The highest BCUT2D eigenvalue weighted by molar-refractivity contribution is 8.16. The van der Waals surface area contributed by atoms with Gasteiger partial charge in [0.15, 0.2) is 0 Å². The van der Waals surface area contributed by atoms with Gasteiger partial charge in [-0.15, -0.1) is 11.8 Å². The Morgan fingerprint density at radius 2 is 2.39 bits per heavy atom. The molecule has 0 aromatic carbocycles. The third kappa shape index (κ3) is 2.26. The Kier molecular flexibility index (Phi) is 3.67. The summed E-state index contributed by atoms with van der Waals surface area (Å²) in [5.74, 6) is 0. The van der Waals surface area contributed by atoms with Crippen molar-refractivity contribution in [1.82, 2.24) is 9.73 Å². The summed E-state index contributed by atoms with van der Waals surface area (Å²) in [6, 6.07) is -0.677. The van der Waals surface area contributed by atoms with Crippen molar-refractivity contribution in [3.63, 3.8) is 0 Å². The molecule has 6 nitrogen and oxygen atoms in total. The third-order valence-electron chi connectivity index (χ3n) is 2.98. The van der Waals surface area contributed by atoms with Gasteiger partial charge in [-0.25, -0.2) is 22.9 Å². The van der Waals surface area contributed by atoms with Crippen LogP contribution in [0.5, 0.6) is 0 Å². The Morgan fingerprint density at radius 1 is 1.61 bits per heavy atom. The maximum Gasteiger partial charge on any atom is 0.351 e. The standard InChI is InChI=1S/C10H15N3O3S2/c1-2-10(5-3-8-17-10)18(15,16)12-9(14)13-7-4-6-11-13/h3,6,8H,2,4-5,7H2,1H3,(H,12,14). The van der Waals surface area contributed by atoms with Gasteiger partial charge in [0.1, 0.15) is 4.08 Å². The first-order valence-corrected chi connectivity index (χ1v) is 8.06. The summed E-state index contributed by atoms with van der Waals surface area (Å²) in [6.07, 6.45) is 4.92. The third-order valence-corrected chi connectivity index (χ3v) is 7.02. The molecule has 2 aliphatic rings. The van der Waals surface area contributed by atoms with Crippen molar-refractivity contribution in [2.45, 2.75) is 30.3 Å². The predicted molar refractivity (Wildman–Crippen MR) is 71.6 cm³/mol. The number of allylic oxidation sites excluding steroid dienone is 1. The van der Waals surface area contributed by atoms with Gasteiger partial charge >= 0.3 is 6.03 Å². The van der Waals surface area contributed by atoms with Crippen molar-refractivity contribution >= 4 is 34.0 Å². The maximum atomic E-state index is 12.3. The summed E-state index contributed by atoms with van der Waals surface area (Å²) in [5, 5.41) is 6.70. The molecule has 100 valence electrons. The first kappa shape index (κ1) is 13.4. The second kappa shape index (κ2) is 4.93. The van der Waals surface area contributed by atoms with E-state index in [1.165, 1.54) is 11.8 Å². The molecule has 0 aliphatic carbocycles. The van der Waals surface area contributed by atoms with E-state index in [1.807, 2.05) is 6.08 Å². The van der Waals surface area contributed by atoms with E-state index in [2.05, 4.69) is 9.82 Å². The lowest BCUT2D eigenvalue weighted by molar-refractivity contribution is 0.211. The number of nitrogens with zero attached hydrogens (tertiary/aromatic N) is 2. The molecule has 0 bridgehead atoms. The van der Waals surface area contributed by atoms with Crippen molar-refractivity contribution in [3.8, 4) is 0 Å². The summed E-state index contributed by atoms with van der Waals surface area (Å²) in [6.45, 7) is 2.23. The number of thioether (sulfide) groups is 1. The molecule has 0 saturated heterocycles. The molecular formula is C10H15N3O3S2. The lowest BCUT2D eigenvalue weighted by Crippen LogP contribution is -2.48. The van der Waals surface area contributed by atoms with Crippen LogP contribution in [0.1, 0.15) is 26.2 Å². The second-order valence-corrected chi connectivity index (χ2v) is 7.62. The largest absolute Gasteiger partial charge is 0.351 e. The van der Waals surface area contributed by atoms with E-state index in [-0.39, 0.29) is 0 Å². The molecule has 8 heteroatoms. The van der Waals surface area contributed by atoms with Crippen molar-refractivity contribution in [3.05, 3.63) is 11.5 Å². The van der Waals surface area contributed by atoms with E-state index in [9.17, 15) is 13.2 Å². The quantitative estimate of drug-likeness (QED) is 0.853. The number of carbonyl (C=O) groups is 1. The van der Waals surface area contributed by atoms with Gasteiger partial charge in [0.2, 0.25) is 0 Å². The van der Waals surface area contributed by atoms with Gasteiger partial charge in [-0.2, -0.15) is 5.10 Å². The highest BCUT2D eigenvalue weighted by Gasteiger charge is 2.45. The zero-order chi connectivity index (χ0) is 13.2. The molecular weight excluding hydrogens is 274 g/mol. The van der Waals surface area contributed by atoms with Crippen LogP contribution in [-0.4, -0.2) is 36.3 Å². The fourth-order valence-corrected chi connectivity index (χ4v) is 4.66. The molecule has 1 unspecified atom stereocenters. The average molecular weight is 289 g/mol. The van der Waals surface area contributed by atoms with Crippen LogP contribution in [0, 0.1) is 0 Å². The zero-order valence-electron chi connectivity index (χ0n) is 10.00. The number of hydrazone groups is 1. The van der Waals surface area contributed by atoms with E-state index in [0.717, 1.165) is 5.01 Å². The van der Waals surface area contributed by atoms with Crippen LogP contribution in [0.15, 0.2) is 16.6 Å². The number of carbonyl (C=O) groups excluding carboxylic acids is 1. The fraction of sp³-hybridized carbons (Fsp3) is 0.600. The molecule has 0 aromatic heterocycles. The second-order valence-electron chi connectivity index (χ2n) is 4.08. The summed E-state index contributed by atoms with van der Waals surface area (Å²) >= 11 is 1.24. The van der Waals surface area contributed by atoms with Crippen LogP contribution in [0.3, 0.4) is 0 Å². The minimum absolute atomic E-state index is 0.417. The summed E-state index contributed by atoms with van der Waals surface area (Å²) in [4.78, 5) is 11.8. The van der Waals surface area contributed by atoms with Crippen LogP contribution in [-0.2, 0) is 10.0 Å². The molecule has 0 aromatic rings. The average Bonchev–Trinajstić information content (AvgIpc) is 3.01. The van der Waals surface area contributed by atoms with Crippen LogP contribution in [0.4, 0.5) is 4.79 Å². The topological polar surface area (TPSA) is 78.8 Å². The van der Waals surface area contributed by atoms with E-state index in [1.54, 1.807) is 18.5 Å². The molecule has 2 rings (SSSR count). The highest BCUT2D eigenvalue weighted by atomic mass is 32.3. The lowest BCUT2D eigenvalue weighted by atomic mass is 10.2. The zero-order valence-corrected chi connectivity index (χ0v) is 11.6. The Morgan fingerprint density at radius 3 is 2.89 bits per heavy atom. The number of amides is 2. The lowest BCUT2D eigenvalue weighted by Gasteiger charge is -2.27. The van der Waals surface area contributed by atoms with E-state index in [0.29, 0.717) is 25.8 Å². The first-order valence-electron chi connectivity index (χ1n) is 5.70. The Hall–Kier alpha value is -1.02. The van der Waals surface area contributed by atoms with Crippen molar-refractivity contribution in [2.75, 3.05) is 6.54 Å². The van der Waals surface area contributed by atoms with Crippen molar-refractivity contribution < 1.29 is 13.2 Å². The number of nitrogens with one attached hydrogen (secondary N) is 1. The van der Waals surface area contributed by atoms with Gasteiger partial charge in [0.25, 0.3) is 10.0 Å². The van der Waals surface area contributed by atoms with Gasteiger partial charge in [-0.05, 0) is 18.2 Å². The molecule has 0 radical (unpaired) electrons. The SMILES string of the molecule is CCC1(S(=O)(=O)NC(=O)N2CCC=N2)CC=CS1. The Labute approximate surface area is 111 Å². The van der Waals surface area contributed by atoms with Crippen LogP contribution < -0.4 is 4.72 Å². The van der Waals surface area contributed by atoms with Crippen LogP contribution in [0.2, 0.25) is 0 Å². The van der Waals surface area contributed by atoms with Gasteiger partial charge in [0, 0.05) is 12.6 Å². The molecule has 2 heterocycles. The normalized spacial score (nSPS) is 26.8. The van der Waals surface area contributed by atoms with Gasteiger partial charge in [-0.3, -0.25) is 0 Å². The Balaban J connectivity index is 2.11. The number of sulfonamides is 1. The minimum Gasteiger partial charge on any atom is -0.246 e. The molecule has 0 spiro atoms. The molecule has 0 fully saturated rings. The molecule has 0 saturated carbocycles. The van der Waals surface area contributed by atoms with Gasteiger partial charge < -0.3 is 0 Å². The first-order chi connectivity index (χ1) is 8.51. The van der Waals surface area contributed by atoms with E-state index >= 15 is 0 Å². The summed E-state index contributed by atoms with van der Waals surface area (Å²) in [7, 11) is -3.72. The van der Waals surface area contributed by atoms with Gasteiger partial charge in [0.05, 0.1) is 6.54 Å². The summed E-state index contributed by atoms with van der Waals surface area (Å²) < 4.78 is 25.7. The van der Waals surface area contributed by atoms with Crippen molar-refractivity contribution in [1.29, 1.82) is 0 Å². The van der Waals surface area contributed by atoms with Gasteiger partial charge in [-0.1, -0.05) is 13.0 Å². The number of hydrogen-bond acceptors (Lipinski definition) is 5. The smallest absolute Gasteiger partial charge is 0.246 e. The molecule has 1 N–H and O–H groups in total. The molecule has 18 heavy (non-hydrogen) atoms. The number of urea groups is 1. The maximum absolute atomic E-state index is 12.3. The number of hydrogen-bond donors (Lipinski definition) is 1. The Bertz CT molecular complexity index is 490. The predicted octanol–water partition coefficient (Wildman–Crippen LogP) is 1.47. The molecule has 2 aliphatic heterocycles.